The largest absolute Gasteiger partial charge is 0.364 e. The van der Waals surface area contributed by atoms with E-state index in [1.807, 2.05) is 41.3 Å². The Morgan fingerprint density at radius 1 is 1.32 bits per heavy atom. The molecule has 1 fully saturated rings. The lowest BCUT2D eigenvalue weighted by Gasteiger charge is -2.18. The average Bonchev–Trinajstić information content (AvgIpc) is 3.06. The molecule has 7 heteroatoms. The smallest absolute Gasteiger partial charge is 0.309 e. The number of nitrogens with zero attached hydrogens (tertiary/aromatic N) is 3. The van der Waals surface area contributed by atoms with Crippen molar-refractivity contribution in [1.29, 1.82) is 0 Å². The number of benzene rings is 1. The third-order valence-corrected chi connectivity index (χ3v) is 4.05. The summed E-state index contributed by atoms with van der Waals surface area (Å²) in [6, 6.07) is 13.1. The van der Waals surface area contributed by atoms with Crippen molar-refractivity contribution in [2.24, 2.45) is 0 Å². The number of allylic oxidation sites excluding steroid dienone is 1. The van der Waals surface area contributed by atoms with Gasteiger partial charge in [-0.1, -0.05) is 48.0 Å². The molecule has 2 heterocycles. The Morgan fingerprint density at radius 3 is 2.80 bits per heavy atom. The molecule has 1 aromatic carbocycles. The third kappa shape index (κ3) is 4.36. The van der Waals surface area contributed by atoms with Gasteiger partial charge >= 0.3 is 5.70 Å². The Morgan fingerprint density at radius 2 is 2.12 bits per heavy atom. The Bertz CT molecular complexity index is 804. The number of hydrogen-bond donors (Lipinski definition) is 1. The molecule has 1 saturated heterocycles. The molecule has 0 bridgehead atoms. The molecule has 0 unspecified atom stereocenters. The first-order chi connectivity index (χ1) is 12.1. The fourth-order valence-electron chi connectivity index (χ4n) is 2.63. The maximum absolute atomic E-state index is 11.6. The van der Waals surface area contributed by atoms with Crippen molar-refractivity contribution < 1.29 is 4.92 Å². The Hall–Kier alpha value is -2.86. The molecular weight excluding hydrogens is 340 g/mol. The van der Waals surface area contributed by atoms with Crippen LogP contribution in [-0.4, -0.2) is 27.9 Å². The monoisotopic (exact) mass is 356 g/mol. The van der Waals surface area contributed by atoms with Crippen LogP contribution in [0.2, 0.25) is 5.15 Å². The molecule has 25 heavy (non-hydrogen) atoms. The van der Waals surface area contributed by atoms with Crippen LogP contribution in [0.25, 0.3) is 6.08 Å². The van der Waals surface area contributed by atoms with Gasteiger partial charge in [0.2, 0.25) is 0 Å². The summed E-state index contributed by atoms with van der Waals surface area (Å²) >= 11 is 5.80. The molecule has 0 radical (unpaired) electrons. The van der Waals surface area contributed by atoms with E-state index in [4.69, 9.17) is 11.6 Å². The number of hydrogen-bond acceptors (Lipinski definition) is 5. The van der Waals surface area contributed by atoms with Gasteiger partial charge in [0.1, 0.15) is 5.15 Å². The van der Waals surface area contributed by atoms with Crippen LogP contribution < -0.4 is 5.32 Å². The van der Waals surface area contributed by atoms with Crippen molar-refractivity contribution in [1.82, 2.24) is 15.2 Å². The van der Waals surface area contributed by atoms with E-state index in [1.165, 1.54) is 6.08 Å². The van der Waals surface area contributed by atoms with Crippen LogP contribution in [0.3, 0.4) is 0 Å². The summed E-state index contributed by atoms with van der Waals surface area (Å²) < 4.78 is 0. The van der Waals surface area contributed by atoms with Gasteiger partial charge in [-0.2, -0.15) is 0 Å². The summed E-state index contributed by atoms with van der Waals surface area (Å²) in [6.07, 6.45) is 4.97. The lowest BCUT2D eigenvalue weighted by molar-refractivity contribution is -0.421. The second kappa shape index (κ2) is 7.81. The maximum atomic E-state index is 11.6. The lowest BCUT2D eigenvalue weighted by atomic mass is 10.2. The van der Waals surface area contributed by atoms with Gasteiger partial charge in [0.25, 0.3) is 0 Å². The first-order valence-corrected chi connectivity index (χ1v) is 8.22. The second-order valence-electron chi connectivity index (χ2n) is 5.57. The summed E-state index contributed by atoms with van der Waals surface area (Å²) in [6.45, 7) is 1.88. The van der Waals surface area contributed by atoms with E-state index >= 15 is 0 Å². The zero-order valence-corrected chi connectivity index (χ0v) is 14.2. The van der Waals surface area contributed by atoms with Gasteiger partial charge in [-0.05, 0) is 23.3 Å². The Kier molecular flexibility index (Phi) is 5.30. The zero-order valence-electron chi connectivity index (χ0n) is 13.4. The zero-order chi connectivity index (χ0) is 17.6. The highest BCUT2D eigenvalue weighted by Crippen LogP contribution is 2.19. The van der Waals surface area contributed by atoms with E-state index in [9.17, 15) is 10.1 Å². The van der Waals surface area contributed by atoms with Crippen LogP contribution in [0.1, 0.15) is 11.1 Å². The standard InChI is InChI=1S/C18H17ClN4O2/c19-17-9-7-15(12-21-17)13-22-11-10-20-18(22)16(23(24)25)8-6-14-4-2-1-3-5-14/h1-9,12,20H,10-11,13H2/b8-6+,18-16+. The Balaban J connectivity index is 1.85. The fourth-order valence-corrected chi connectivity index (χ4v) is 2.74. The van der Waals surface area contributed by atoms with Gasteiger partial charge in [-0.15, -0.1) is 0 Å². The van der Waals surface area contributed by atoms with Gasteiger partial charge in [0, 0.05) is 31.9 Å². The molecule has 0 saturated carbocycles. The summed E-state index contributed by atoms with van der Waals surface area (Å²) in [4.78, 5) is 17.2. The van der Waals surface area contributed by atoms with E-state index in [1.54, 1.807) is 18.3 Å². The van der Waals surface area contributed by atoms with Gasteiger partial charge in [0.15, 0.2) is 5.82 Å². The second-order valence-corrected chi connectivity index (χ2v) is 5.96. The van der Waals surface area contributed by atoms with E-state index in [0.29, 0.717) is 30.6 Å². The van der Waals surface area contributed by atoms with Crippen LogP contribution in [-0.2, 0) is 6.54 Å². The lowest BCUT2D eigenvalue weighted by Crippen LogP contribution is -2.23. The minimum Gasteiger partial charge on any atom is -0.364 e. The van der Waals surface area contributed by atoms with Crippen molar-refractivity contribution in [3.8, 4) is 0 Å². The predicted molar refractivity (Wildman–Crippen MR) is 97.2 cm³/mol. The van der Waals surface area contributed by atoms with Crippen LogP contribution in [0, 0.1) is 10.1 Å². The van der Waals surface area contributed by atoms with Gasteiger partial charge in [-0.25, -0.2) is 4.98 Å². The average molecular weight is 357 g/mol. The number of rotatable bonds is 5. The van der Waals surface area contributed by atoms with Crippen molar-refractivity contribution in [3.63, 3.8) is 0 Å². The number of aromatic nitrogens is 1. The summed E-state index contributed by atoms with van der Waals surface area (Å²) in [5.41, 5.74) is 1.90. The molecule has 1 N–H and O–H groups in total. The van der Waals surface area contributed by atoms with Crippen molar-refractivity contribution in [3.05, 3.63) is 92.6 Å². The molecule has 0 aliphatic carbocycles. The molecule has 3 rings (SSSR count). The van der Waals surface area contributed by atoms with Crippen LogP contribution >= 0.6 is 11.6 Å². The van der Waals surface area contributed by atoms with Crippen LogP contribution in [0.4, 0.5) is 0 Å². The highest BCUT2D eigenvalue weighted by molar-refractivity contribution is 6.29. The Labute approximate surface area is 150 Å². The van der Waals surface area contributed by atoms with Gasteiger partial charge in [-0.3, -0.25) is 10.1 Å². The molecule has 1 aromatic heterocycles. The molecular formula is C18H17ClN4O2. The predicted octanol–water partition coefficient (Wildman–Crippen LogP) is 3.30. The summed E-state index contributed by atoms with van der Waals surface area (Å²) in [7, 11) is 0. The molecule has 128 valence electrons. The van der Waals surface area contributed by atoms with Gasteiger partial charge in [0.05, 0.1) is 4.92 Å². The quantitative estimate of drug-likeness (QED) is 0.505. The summed E-state index contributed by atoms with van der Waals surface area (Å²) in [5, 5.41) is 15.1. The SMILES string of the molecule is O=[N+]([O-])C(/C=C/c1ccccc1)=C1\NCCN1Cc1ccc(Cl)nc1. The molecule has 0 amide bonds. The number of pyridine rings is 1. The summed E-state index contributed by atoms with van der Waals surface area (Å²) in [5.74, 6) is 0.520. The molecule has 0 spiro atoms. The van der Waals surface area contributed by atoms with Crippen molar-refractivity contribution in [2.75, 3.05) is 13.1 Å². The molecule has 1 aliphatic rings. The molecule has 0 atom stereocenters. The number of nitro groups is 1. The topological polar surface area (TPSA) is 71.3 Å². The van der Waals surface area contributed by atoms with Crippen molar-refractivity contribution in [2.45, 2.75) is 6.54 Å². The fraction of sp³-hybridized carbons (Fsp3) is 0.167. The first-order valence-electron chi connectivity index (χ1n) is 7.84. The first kappa shape index (κ1) is 17.0. The van der Waals surface area contributed by atoms with E-state index in [-0.39, 0.29) is 10.6 Å². The number of halogens is 1. The molecule has 2 aromatic rings. The maximum Gasteiger partial charge on any atom is 0.309 e. The van der Waals surface area contributed by atoms with Crippen molar-refractivity contribution >= 4 is 17.7 Å². The number of nitrogens with one attached hydrogen (secondary N) is 1. The highest BCUT2D eigenvalue weighted by atomic mass is 35.5. The van der Waals surface area contributed by atoms with Crippen LogP contribution in [0.15, 0.2) is 66.3 Å². The van der Waals surface area contributed by atoms with E-state index in [0.717, 1.165) is 11.1 Å². The third-order valence-electron chi connectivity index (χ3n) is 3.83. The highest BCUT2D eigenvalue weighted by Gasteiger charge is 2.26. The minimum absolute atomic E-state index is 0.0447. The normalized spacial score (nSPS) is 16.1. The van der Waals surface area contributed by atoms with E-state index < -0.39 is 0 Å². The minimum atomic E-state index is -0.361. The van der Waals surface area contributed by atoms with Gasteiger partial charge < -0.3 is 10.2 Å². The molecule has 1 aliphatic heterocycles. The van der Waals surface area contributed by atoms with E-state index in [2.05, 4.69) is 10.3 Å². The van der Waals surface area contributed by atoms with Crippen LogP contribution in [0.5, 0.6) is 0 Å². The molecule has 6 nitrogen and oxygen atoms in total.